The summed E-state index contributed by atoms with van der Waals surface area (Å²) in [5, 5.41) is 7.10. The lowest BCUT2D eigenvalue weighted by Gasteiger charge is -2.35. The molecule has 3 fully saturated rings. The first-order chi connectivity index (χ1) is 13.1. The van der Waals surface area contributed by atoms with Gasteiger partial charge in [0.15, 0.2) is 0 Å². The molecule has 6 heteroatoms. The lowest BCUT2D eigenvalue weighted by Crippen LogP contribution is -2.47. The van der Waals surface area contributed by atoms with Gasteiger partial charge in [0, 0.05) is 43.5 Å². The van der Waals surface area contributed by atoms with Gasteiger partial charge in [-0.2, -0.15) is 0 Å². The number of carbonyl (C=O) groups excluding carboxylic acids is 1. The zero-order chi connectivity index (χ0) is 18.8. The second-order valence-electron chi connectivity index (χ2n) is 7.94. The molecule has 5 rings (SSSR count). The summed E-state index contributed by atoms with van der Waals surface area (Å²) in [5.74, 6) is 1.61. The first-order valence-corrected chi connectivity index (χ1v) is 9.81. The van der Waals surface area contributed by atoms with Crippen molar-refractivity contribution in [1.82, 2.24) is 15.0 Å². The third kappa shape index (κ3) is 4.22. The van der Waals surface area contributed by atoms with E-state index in [2.05, 4.69) is 20.3 Å². The van der Waals surface area contributed by atoms with Crippen LogP contribution >= 0.6 is 0 Å². The molecular formula is C21H28N4O2. The number of amides is 1. The number of aromatic nitrogens is 1. The highest BCUT2D eigenvalue weighted by atomic mass is 16.5. The summed E-state index contributed by atoms with van der Waals surface area (Å²) in [7, 11) is 0. The Hall–Kier alpha value is -2.18. The summed E-state index contributed by atoms with van der Waals surface area (Å²) in [6.07, 6.45) is 2.42. The fraction of sp³-hybridized carbons (Fsp3) is 0.524. The number of nitrogens with one attached hydrogen (secondary N) is 1. The average Bonchev–Trinajstić information content (AvgIpc) is 2.82. The molecule has 1 N–H and O–H groups in total. The van der Waals surface area contributed by atoms with Crippen molar-refractivity contribution in [2.45, 2.75) is 39.3 Å². The molecule has 3 aliphatic rings. The molecule has 6 nitrogen and oxygen atoms in total. The van der Waals surface area contributed by atoms with E-state index in [4.69, 9.17) is 4.52 Å². The lowest BCUT2D eigenvalue weighted by atomic mass is 9.95. The van der Waals surface area contributed by atoms with Gasteiger partial charge in [-0.25, -0.2) is 0 Å². The van der Waals surface area contributed by atoms with Gasteiger partial charge in [-0.3, -0.25) is 14.6 Å². The minimum Gasteiger partial charge on any atom is -0.361 e. The second kappa shape index (κ2) is 7.82. The third-order valence-electron chi connectivity index (χ3n) is 5.87. The lowest BCUT2D eigenvalue weighted by molar-refractivity contribution is -0.118. The summed E-state index contributed by atoms with van der Waals surface area (Å²) in [6.45, 7) is 8.44. The Bertz CT molecular complexity index is 769. The number of rotatable bonds is 5. The Morgan fingerprint density at radius 2 is 2.00 bits per heavy atom. The van der Waals surface area contributed by atoms with E-state index in [9.17, 15) is 4.79 Å². The van der Waals surface area contributed by atoms with Crippen LogP contribution in [0.3, 0.4) is 0 Å². The standard InChI is InChI=1S/C21H28N4O2/c1-15-20(16(2)27-23-15)13-24-10-17-8-9-19(12-24)25(11-17)14-21(26)22-18-6-4-3-5-7-18/h3-7,17,19H,8-14H2,1-2H3,(H,22,26). The fourth-order valence-corrected chi connectivity index (χ4v) is 4.46. The maximum atomic E-state index is 12.5. The zero-order valence-corrected chi connectivity index (χ0v) is 16.1. The highest BCUT2D eigenvalue weighted by Crippen LogP contribution is 2.29. The number of hydrogen-bond acceptors (Lipinski definition) is 5. The summed E-state index contributed by atoms with van der Waals surface area (Å²) in [4.78, 5) is 17.4. The minimum atomic E-state index is 0.0750. The molecular weight excluding hydrogens is 340 g/mol. The van der Waals surface area contributed by atoms with Crippen molar-refractivity contribution >= 4 is 11.6 Å². The molecule has 1 aromatic carbocycles. The Morgan fingerprint density at radius 1 is 1.19 bits per heavy atom. The van der Waals surface area contributed by atoms with Gasteiger partial charge in [0.05, 0.1) is 12.2 Å². The van der Waals surface area contributed by atoms with E-state index in [1.54, 1.807) is 0 Å². The van der Waals surface area contributed by atoms with E-state index in [0.717, 1.165) is 43.3 Å². The first-order valence-electron chi connectivity index (χ1n) is 9.81. The summed E-state index contributed by atoms with van der Waals surface area (Å²) in [5.41, 5.74) is 3.07. The summed E-state index contributed by atoms with van der Waals surface area (Å²) in [6, 6.07) is 10.1. The number of carbonyl (C=O) groups is 1. The van der Waals surface area contributed by atoms with Gasteiger partial charge in [-0.15, -0.1) is 0 Å². The van der Waals surface area contributed by atoms with Gasteiger partial charge in [0.25, 0.3) is 0 Å². The van der Waals surface area contributed by atoms with Gasteiger partial charge < -0.3 is 9.84 Å². The van der Waals surface area contributed by atoms with Crippen molar-refractivity contribution in [3.63, 3.8) is 0 Å². The van der Waals surface area contributed by atoms with Crippen LogP contribution < -0.4 is 5.32 Å². The predicted octanol–water partition coefficient (Wildman–Crippen LogP) is 2.83. The van der Waals surface area contributed by atoms with Crippen molar-refractivity contribution in [2.24, 2.45) is 5.92 Å². The molecule has 2 atom stereocenters. The first kappa shape index (κ1) is 18.2. The van der Waals surface area contributed by atoms with Gasteiger partial charge in [-0.05, 0) is 44.7 Å². The SMILES string of the molecule is Cc1noc(C)c1CN1CC2CCC(C1)N(CC(=O)Nc1ccccc1)C2. The molecule has 0 aliphatic carbocycles. The van der Waals surface area contributed by atoms with Crippen LogP contribution in [0.1, 0.15) is 29.9 Å². The molecule has 27 heavy (non-hydrogen) atoms. The van der Waals surface area contributed by atoms with Gasteiger partial charge in [-0.1, -0.05) is 23.4 Å². The number of nitrogens with zero attached hydrogens (tertiary/aromatic N) is 3. The molecule has 0 radical (unpaired) electrons. The molecule has 1 amide bonds. The van der Waals surface area contributed by atoms with Crippen LogP contribution in [0, 0.1) is 19.8 Å². The molecule has 144 valence electrons. The van der Waals surface area contributed by atoms with Crippen LogP contribution in [0.5, 0.6) is 0 Å². The Balaban J connectivity index is 1.38. The number of piperidine rings is 1. The maximum Gasteiger partial charge on any atom is 0.238 e. The molecule has 2 unspecified atom stereocenters. The predicted molar refractivity (Wildman–Crippen MR) is 104 cm³/mol. The maximum absolute atomic E-state index is 12.5. The highest BCUT2D eigenvalue weighted by molar-refractivity contribution is 5.92. The van der Waals surface area contributed by atoms with E-state index in [1.165, 1.54) is 18.4 Å². The molecule has 4 heterocycles. The quantitative estimate of drug-likeness (QED) is 0.879. The van der Waals surface area contributed by atoms with Crippen molar-refractivity contribution in [3.05, 3.63) is 47.3 Å². The largest absolute Gasteiger partial charge is 0.361 e. The number of aryl methyl sites for hydroxylation is 2. The van der Waals surface area contributed by atoms with Crippen molar-refractivity contribution in [2.75, 3.05) is 31.5 Å². The Kier molecular flexibility index (Phi) is 5.27. The monoisotopic (exact) mass is 368 g/mol. The number of anilines is 1. The average molecular weight is 368 g/mol. The van der Waals surface area contributed by atoms with Crippen molar-refractivity contribution in [1.29, 1.82) is 0 Å². The fourth-order valence-electron chi connectivity index (χ4n) is 4.46. The van der Waals surface area contributed by atoms with Crippen LogP contribution in [0.2, 0.25) is 0 Å². The normalized spacial score (nSPS) is 23.3. The number of para-hydroxylation sites is 1. The van der Waals surface area contributed by atoms with Gasteiger partial charge in [0.2, 0.25) is 5.91 Å². The number of fused-ring (bicyclic) bond motifs is 4. The van der Waals surface area contributed by atoms with Crippen molar-refractivity contribution < 1.29 is 9.32 Å². The molecule has 1 aromatic heterocycles. The smallest absolute Gasteiger partial charge is 0.238 e. The minimum absolute atomic E-state index is 0.0750. The Labute approximate surface area is 160 Å². The number of benzene rings is 1. The van der Waals surface area contributed by atoms with Crippen molar-refractivity contribution in [3.8, 4) is 0 Å². The van der Waals surface area contributed by atoms with E-state index in [0.29, 0.717) is 18.5 Å². The topological polar surface area (TPSA) is 61.6 Å². The van der Waals surface area contributed by atoms with E-state index in [-0.39, 0.29) is 5.91 Å². The van der Waals surface area contributed by atoms with Gasteiger partial charge in [0.1, 0.15) is 5.76 Å². The van der Waals surface area contributed by atoms with Gasteiger partial charge >= 0.3 is 0 Å². The summed E-state index contributed by atoms with van der Waals surface area (Å²) < 4.78 is 5.33. The van der Waals surface area contributed by atoms with E-state index < -0.39 is 0 Å². The van der Waals surface area contributed by atoms with Crippen LogP contribution in [0.25, 0.3) is 0 Å². The molecule has 2 bridgehead atoms. The molecule has 3 saturated heterocycles. The zero-order valence-electron chi connectivity index (χ0n) is 16.1. The number of hydrogen-bond donors (Lipinski definition) is 1. The van der Waals surface area contributed by atoms with Crippen LogP contribution in [-0.2, 0) is 11.3 Å². The van der Waals surface area contributed by atoms with E-state index in [1.807, 2.05) is 44.2 Å². The molecule has 3 aliphatic heterocycles. The van der Waals surface area contributed by atoms with E-state index >= 15 is 0 Å². The second-order valence-corrected chi connectivity index (χ2v) is 7.94. The Morgan fingerprint density at radius 3 is 2.74 bits per heavy atom. The highest BCUT2D eigenvalue weighted by Gasteiger charge is 2.35. The molecule has 2 aromatic rings. The van der Waals surface area contributed by atoms with Crippen LogP contribution in [0.15, 0.2) is 34.9 Å². The molecule has 0 spiro atoms. The third-order valence-corrected chi connectivity index (χ3v) is 5.87. The van der Waals surface area contributed by atoms with Crippen LogP contribution in [-0.4, -0.2) is 53.1 Å². The summed E-state index contributed by atoms with van der Waals surface area (Å²) >= 11 is 0. The van der Waals surface area contributed by atoms with Crippen LogP contribution in [0.4, 0.5) is 5.69 Å². The molecule has 0 saturated carbocycles.